The Kier molecular flexibility index (Phi) is 7.18. The van der Waals surface area contributed by atoms with E-state index in [1.807, 2.05) is 0 Å². The van der Waals surface area contributed by atoms with Gasteiger partial charge in [0.15, 0.2) is 0 Å². The summed E-state index contributed by atoms with van der Waals surface area (Å²) in [5.41, 5.74) is 5.08. The number of ether oxygens (including phenoxy) is 3. The molecule has 9 heteroatoms. The van der Waals surface area contributed by atoms with Gasteiger partial charge >= 0.3 is 12.3 Å². The van der Waals surface area contributed by atoms with Gasteiger partial charge < -0.3 is 19.9 Å². The molecule has 2 N–H and O–H groups in total. The molecule has 0 aliphatic heterocycles. The molecule has 0 aromatic heterocycles. The average Bonchev–Trinajstić information content (AvgIpc) is 2.43. The number of alkyl halides is 3. The largest absolute Gasteiger partial charge is 0.573 e. The number of carbonyl (C=O) groups is 1. The van der Waals surface area contributed by atoms with Gasteiger partial charge in [-0.25, -0.2) is 0 Å². The van der Waals surface area contributed by atoms with Gasteiger partial charge in [-0.2, -0.15) is 0 Å². The maximum atomic E-state index is 12.3. The molecule has 0 heterocycles. The molecule has 0 fully saturated rings. The second kappa shape index (κ2) is 7.74. The van der Waals surface area contributed by atoms with Gasteiger partial charge in [0, 0.05) is 11.6 Å². The number of nitrogens with two attached hydrogens (primary N) is 1. The first-order valence-corrected chi connectivity index (χ1v) is 6.30. The Morgan fingerprint density at radius 2 is 1.78 bits per heavy atom. The molecule has 1 rings (SSSR count). The molecular formula is C14H19ClF3NO4. The molecule has 0 radical (unpaired) electrons. The minimum absolute atomic E-state index is 0. The summed E-state index contributed by atoms with van der Waals surface area (Å²) >= 11 is 0. The first kappa shape index (κ1) is 21.3. The van der Waals surface area contributed by atoms with Crippen molar-refractivity contribution in [2.75, 3.05) is 14.2 Å². The van der Waals surface area contributed by atoms with Crippen molar-refractivity contribution >= 4 is 18.4 Å². The normalized spacial score (nSPS) is 12.9. The fourth-order valence-corrected chi connectivity index (χ4v) is 1.93. The number of carbonyl (C=O) groups excluding carboxylic acids is 1. The minimum Gasteiger partial charge on any atom is -0.496 e. The van der Waals surface area contributed by atoms with Crippen LogP contribution in [0.15, 0.2) is 18.2 Å². The Bertz CT molecular complexity index is 549. The molecule has 0 unspecified atom stereocenters. The summed E-state index contributed by atoms with van der Waals surface area (Å²) in [4.78, 5) is 11.8. The Morgan fingerprint density at radius 1 is 1.22 bits per heavy atom. The van der Waals surface area contributed by atoms with Gasteiger partial charge in [-0.15, -0.1) is 25.6 Å². The number of halogens is 4. The average molecular weight is 358 g/mol. The zero-order chi connectivity index (χ0) is 17.1. The highest BCUT2D eigenvalue weighted by Gasteiger charge is 2.39. The van der Waals surface area contributed by atoms with Crippen LogP contribution in [-0.2, 0) is 9.53 Å². The van der Waals surface area contributed by atoms with Crippen LogP contribution in [0, 0.1) is 5.41 Å². The van der Waals surface area contributed by atoms with Gasteiger partial charge in [-0.3, -0.25) is 4.79 Å². The van der Waals surface area contributed by atoms with E-state index >= 15 is 0 Å². The summed E-state index contributed by atoms with van der Waals surface area (Å²) < 4.78 is 50.6. The highest BCUT2D eigenvalue weighted by atomic mass is 35.5. The Balaban J connectivity index is 0.00000484. The third-order valence-electron chi connectivity index (χ3n) is 3.26. The fraction of sp³-hybridized carbons (Fsp3) is 0.500. The topological polar surface area (TPSA) is 70.8 Å². The van der Waals surface area contributed by atoms with Crippen LogP contribution >= 0.6 is 12.4 Å². The van der Waals surface area contributed by atoms with Crippen LogP contribution in [0.5, 0.6) is 11.5 Å². The molecule has 0 saturated carbocycles. The van der Waals surface area contributed by atoms with E-state index in [2.05, 4.69) is 9.47 Å². The highest BCUT2D eigenvalue weighted by Crippen LogP contribution is 2.39. The van der Waals surface area contributed by atoms with Crippen LogP contribution in [0.3, 0.4) is 0 Å². The Hall–Kier alpha value is -1.67. The van der Waals surface area contributed by atoms with Crippen LogP contribution in [-0.4, -0.2) is 26.6 Å². The number of esters is 1. The molecule has 1 aromatic carbocycles. The summed E-state index contributed by atoms with van der Waals surface area (Å²) in [7, 11) is 2.55. The molecule has 132 valence electrons. The lowest BCUT2D eigenvalue weighted by atomic mass is 9.80. The minimum atomic E-state index is -4.83. The van der Waals surface area contributed by atoms with Crippen molar-refractivity contribution in [3.63, 3.8) is 0 Å². The van der Waals surface area contributed by atoms with Gasteiger partial charge in [-0.1, -0.05) is 0 Å². The lowest BCUT2D eigenvalue weighted by Crippen LogP contribution is -2.37. The van der Waals surface area contributed by atoms with Gasteiger partial charge in [0.1, 0.15) is 11.5 Å². The van der Waals surface area contributed by atoms with Crippen molar-refractivity contribution in [3.05, 3.63) is 23.8 Å². The van der Waals surface area contributed by atoms with E-state index < -0.39 is 29.5 Å². The SMILES string of the molecule is COC(=O)C(C)(C)[C@@H](N)c1cc(OC(F)(F)F)ccc1OC.Cl. The maximum Gasteiger partial charge on any atom is 0.573 e. The smallest absolute Gasteiger partial charge is 0.496 e. The van der Waals surface area contributed by atoms with Crippen molar-refractivity contribution in [1.82, 2.24) is 0 Å². The lowest BCUT2D eigenvalue weighted by Gasteiger charge is -2.30. The number of methoxy groups -OCH3 is 2. The van der Waals surface area contributed by atoms with Crippen LogP contribution in [0.1, 0.15) is 25.5 Å². The lowest BCUT2D eigenvalue weighted by molar-refractivity contribution is -0.274. The number of rotatable bonds is 5. The number of hydrogen-bond acceptors (Lipinski definition) is 5. The first-order valence-electron chi connectivity index (χ1n) is 6.30. The van der Waals surface area contributed by atoms with Gasteiger partial charge in [0.25, 0.3) is 0 Å². The van der Waals surface area contributed by atoms with E-state index in [1.54, 1.807) is 0 Å². The second-order valence-corrected chi connectivity index (χ2v) is 5.14. The zero-order valence-corrected chi connectivity index (χ0v) is 13.9. The standard InChI is InChI=1S/C14H18F3NO4.ClH/c1-13(2,12(19)21-4)11(18)9-7-8(22-14(15,16)17)5-6-10(9)20-3;/h5-7,11H,18H2,1-4H3;1H/t11-;/m0./s1. The molecule has 5 nitrogen and oxygen atoms in total. The summed E-state index contributed by atoms with van der Waals surface area (Å²) in [5.74, 6) is -0.789. The molecule has 0 bridgehead atoms. The molecular weight excluding hydrogens is 339 g/mol. The van der Waals surface area contributed by atoms with Gasteiger partial charge in [-0.05, 0) is 32.0 Å². The number of benzene rings is 1. The monoisotopic (exact) mass is 357 g/mol. The first-order chi connectivity index (χ1) is 10.0. The highest BCUT2D eigenvalue weighted by molar-refractivity contribution is 5.85. The summed E-state index contributed by atoms with van der Waals surface area (Å²) in [6.45, 7) is 3.06. The van der Waals surface area contributed by atoms with Crippen molar-refractivity contribution in [1.29, 1.82) is 0 Å². The molecule has 23 heavy (non-hydrogen) atoms. The van der Waals surface area contributed by atoms with E-state index in [1.165, 1.54) is 34.1 Å². The van der Waals surface area contributed by atoms with E-state index in [4.69, 9.17) is 10.5 Å². The predicted molar refractivity (Wildman–Crippen MR) is 79.7 cm³/mol. The van der Waals surface area contributed by atoms with E-state index in [9.17, 15) is 18.0 Å². The summed E-state index contributed by atoms with van der Waals surface area (Å²) in [5, 5.41) is 0. The third kappa shape index (κ3) is 5.18. The van der Waals surface area contributed by atoms with Crippen molar-refractivity contribution < 1.29 is 32.2 Å². The zero-order valence-electron chi connectivity index (χ0n) is 13.1. The second-order valence-electron chi connectivity index (χ2n) is 5.14. The van der Waals surface area contributed by atoms with Crippen LogP contribution in [0.4, 0.5) is 13.2 Å². The van der Waals surface area contributed by atoms with Gasteiger partial charge in [0.05, 0.1) is 19.6 Å². The Labute approximate surface area is 138 Å². The van der Waals surface area contributed by atoms with Crippen LogP contribution in [0.25, 0.3) is 0 Å². The van der Waals surface area contributed by atoms with Gasteiger partial charge in [0.2, 0.25) is 0 Å². The molecule has 0 saturated heterocycles. The quantitative estimate of drug-likeness (QED) is 0.819. The van der Waals surface area contributed by atoms with Crippen LogP contribution < -0.4 is 15.2 Å². The van der Waals surface area contributed by atoms with Crippen molar-refractivity contribution in [2.45, 2.75) is 26.3 Å². The van der Waals surface area contributed by atoms with Crippen molar-refractivity contribution in [2.24, 2.45) is 11.1 Å². The maximum absolute atomic E-state index is 12.3. The number of hydrogen-bond donors (Lipinski definition) is 1. The molecule has 1 aromatic rings. The predicted octanol–water partition coefficient (Wildman–Crippen LogP) is 3.21. The van der Waals surface area contributed by atoms with E-state index in [0.29, 0.717) is 0 Å². The summed E-state index contributed by atoms with van der Waals surface area (Å²) in [6, 6.07) is 2.55. The Morgan fingerprint density at radius 3 is 2.22 bits per heavy atom. The molecule has 0 aliphatic rings. The van der Waals surface area contributed by atoms with Crippen molar-refractivity contribution in [3.8, 4) is 11.5 Å². The molecule has 1 atom stereocenters. The van der Waals surface area contributed by atoms with Crippen LogP contribution in [0.2, 0.25) is 0 Å². The molecule has 0 spiro atoms. The van der Waals surface area contributed by atoms with E-state index in [0.717, 1.165) is 12.1 Å². The molecule has 0 aliphatic carbocycles. The summed E-state index contributed by atoms with van der Waals surface area (Å²) in [6.07, 6.45) is -4.83. The third-order valence-corrected chi connectivity index (χ3v) is 3.26. The molecule has 0 amide bonds. The fourth-order valence-electron chi connectivity index (χ4n) is 1.93. The van der Waals surface area contributed by atoms with E-state index in [-0.39, 0.29) is 23.7 Å².